The van der Waals surface area contributed by atoms with Crippen LogP contribution in [0.5, 0.6) is 0 Å². The number of aliphatic hydroxyl groups is 1. The van der Waals surface area contributed by atoms with Crippen LogP contribution < -0.4 is 11.1 Å². The molecule has 0 saturated heterocycles. The lowest BCUT2D eigenvalue weighted by atomic mass is 9.81. The molecule has 0 aliphatic heterocycles. The van der Waals surface area contributed by atoms with Crippen molar-refractivity contribution in [3.8, 4) is 0 Å². The van der Waals surface area contributed by atoms with Gasteiger partial charge in [0.25, 0.3) is 5.91 Å². The third-order valence-electron chi connectivity index (χ3n) is 6.87. The number of amides is 2. The average molecular weight is 550 g/mol. The topological polar surface area (TPSA) is 95.7 Å². The predicted molar refractivity (Wildman–Crippen MR) is 158 cm³/mol. The molecule has 3 rings (SSSR count). The number of hydrogen-bond acceptors (Lipinski definition) is 4. The van der Waals surface area contributed by atoms with Crippen molar-refractivity contribution in [2.24, 2.45) is 5.73 Å². The standard InChI is InChI=1S/C32H40ClN3O3/c1-3-19-36(20-4-2)32(39)27-12-8-11-26(31(34)38)30(27)28(21-24-9-6-5-7-10-24)29(37)22-35-18-17-23-13-15-25(33)16-14-23/h5-16,28-29,35,37H,3-4,17-22H2,1-2H3,(H2,34,38)/t28-,29+/m1/s1. The Morgan fingerprint density at radius 3 is 2.15 bits per heavy atom. The van der Waals surface area contributed by atoms with Gasteiger partial charge in [0, 0.05) is 41.7 Å². The van der Waals surface area contributed by atoms with E-state index in [0.29, 0.717) is 48.7 Å². The summed E-state index contributed by atoms with van der Waals surface area (Å²) in [6.07, 6.45) is 2.01. The fourth-order valence-electron chi connectivity index (χ4n) is 4.97. The van der Waals surface area contributed by atoms with E-state index in [0.717, 1.165) is 30.4 Å². The molecule has 0 bridgehead atoms. The summed E-state index contributed by atoms with van der Waals surface area (Å²) in [5, 5.41) is 15.6. The zero-order valence-corrected chi connectivity index (χ0v) is 23.7. The Morgan fingerprint density at radius 2 is 1.54 bits per heavy atom. The SMILES string of the molecule is CCCN(CCC)C(=O)c1cccc(C(N)=O)c1[C@H](Cc1ccccc1)[C@@H](O)CNCCc1ccc(Cl)cc1. The fourth-order valence-corrected chi connectivity index (χ4v) is 5.09. The van der Waals surface area contributed by atoms with Gasteiger partial charge in [-0.1, -0.05) is 74.0 Å². The molecule has 4 N–H and O–H groups in total. The fraction of sp³-hybridized carbons (Fsp3) is 0.375. The van der Waals surface area contributed by atoms with Crippen LogP contribution in [-0.4, -0.2) is 54.1 Å². The third-order valence-corrected chi connectivity index (χ3v) is 7.12. The van der Waals surface area contributed by atoms with Crippen molar-refractivity contribution in [2.45, 2.75) is 51.6 Å². The molecular formula is C32H40ClN3O3. The van der Waals surface area contributed by atoms with E-state index in [1.165, 1.54) is 0 Å². The Kier molecular flexibility index (Phi) is 12.0. The Morgan fingerprint density at radius 1 is 0.897 bits per heavy atom. The monoisotopic (exact) mass is 549 g/mol. The number of nitrogens with two attached hydrogens (primary N) is 1. The van der Waals surface area contributed by atoms with E-state index in [2.05, 4.69) is 5.32 Å². The summed E-state index contributed by atoms with van der Waals surface area (Å²) in [5.74, 6) is -1.28. The van der Waals surface area contributed by atoms with Gasteiger partial charge in [0.2, 0.25) is 5.91 Å². The van der Waals surface area contributed by atoms with Gasteiger partial charge in [-0.05, 0) is 73.2 Å². The van der Waals surface area contributed by atoms with E-state index in [1.807, 2.05) is 73.3 Å². The highest BCUT2D eigenvalue weighted by atomic mass is 35.5. The zero-order valence-electron chi connectivity index (χ0n) is 22.9. The second-order valence-electron chi connectivity index (χ2n) is 9.87. The van der Waals surface area contributed by atoms with Crippen molar-refractivity contribution < 1.29 is 14.7 Å². The number of aliphatic hydroxyl groups excluding tert-OH is 1. The summed E-state index contributed by atoms with van der Waals surface area (Å²) in [7, 11) is 0. The van der Waals surface area contributed by atoms with Crippen LogP contribution in [-0.2, 0) is 12.8 Å². The van der Waals surface area contributed by atoms with Crippen LogP contribution in [0.25, 0.3) is 0 Å². The minimum Gasteiger partial charge on any atom is -0.391 e. The number of rotatable bonds is 15. The molecule has 2 amide bonds. The molecule has 0 aromatic heterocycles. The lowest BCUT2D eigenvalue weighted by Crippen LogP contribution is -2.38. The summed E-state index contributed by atoms with van der Waals surface area (Å²) in [4.78, 5) is 28.3. The molecule has 0 unspecified atom stereocenters. The Labute approximate surface area is 237 Å². The number of carbonyl (C=O) groups is 2. The molecule has 0 saturated carbocycles. The molecule has 0 aliphatic rings. The van der Waals surface area contributed by atoms with Gasteiger partial charge >= 0.3 is 0 Å². The predicted octanol–water partition coefficient (Wildman–Crippen LogP) is 5.22. The largest absolute Gasteiger partial charge is 0.391 e. The summed E-state index contributed by atoms with van der Waals surface area (Å²) >= 11 is 5.99. The number of carbonyl (C=O) groups excluding carboxylic acids is 2. The highest BCUT2D eigenvalue weighted by Gasteiger charge is 2.31. The van der Waals surface area contributed by atoms with E-state index in [1.54, 1.807) is 18.2 Å². The van der Waals surface area contributed by atoms with Gasteiger partial charge in [-0.15, -0.1) is 0 Å². The third kappa shape index (κ3) is 8.65. The minimum atomic E-state index is -0.867. The number of benzene rings is 3. The summed E-state index contributed by atoms with van der Waals surface area (Å²) < 4.78 is 0. The van der Waals surface area contributed by atoms with E-state index >= 15 is 0 Å². The minimum absolute atomic E-state index is 0.141. The Balaban J connectivity index is 1.94. The first kappa shape index (κ1) is 30.4. The smallest absolute Gasteiger partial charge is 0.254 e. The van der Waals surface area contributed by atoms with Crippen LogP contribution in [0.1, 0.15) is 70.0 Å². The Hall–Kier alpha value is -3.19. The molecule has 3 aromatic rings. The number of hydrogen-bond donors (Lipinski definition) is 3. The van der Waals surface area contributed by atoms with Gasteiger partial charge in [-0.3, -0.25) is 9.59 Å². The number of halogens is 1. The maximum absolute atomic E-state index is 13.8. The van der Waals surface area contributed by atoms with Gasteiger partial charge in [-0.25, -0.2) is 0 Å². The maximum atomic E-state index is 13.8. The number of nitrogens with zero attached hydrogens (tertiary/aromatic N) is 1. The van der Waals surface area contributed by atoms with Crippen LogP contribution in [0, 0.1) is 0 Å². The van der Waals surface area contributed by atoms with E-state index < -0.39 is 17.9 Å². The molecule has 39 heavy (non-hydrogen) atoms. The molecule has 0 spiro atoms. The van der Waals surface area contributed by atoms with Crippen LogP contribution in [0.15, 0.2) is 72.8 Å². The molecule has 0 radical (unpaired) electrons. The summed E-state index contributed by atoms with van der Waals surface area (Å²) in [6, 6.07) is 22.6. The second kappa shape index (κ2) is 15.4. The van der Waals surface area contributed by atoms with Crippen molar-refractivity contribution in [1.82, 2.24) is 10.2 Å². The molecule has 0 fully saturated rings. The first-order valence-corrected chi connectivity index (χ1v) is 14.1. The van der Waals surface area contributed by atoms with Crippen LogP contribution >= 0.6 is 11.6 Å². The molecule has 3 aromatic carbocycles. The number of nitrogens with one attached hydrogen (secondary N) is 1. The molecule has 208 valence electrons. The molecule has 0 aliphatic carbocycles. The van der Waals surface area contributed by atoms with Crippen molar-refractivity contribution in [3.05, 3.63) is 106 Å². The van der Waals surface area contributed by atoms with Gasteiger partial charge < -0.3 is 21.1 Å². The molecule has 0 heterocycles. The Bertz CT molecular complexity index is 1200. The first-order valence-electron chi connectivity index (χ1n) is 13.7. The van der Waals surface area contributed by atoms with Crippen LogP contribution in [0.2, 0.25) is 5.02 Å². The molecule has 7 heteroatoms. The zero-order chi connectivity index (χ0) is 28.2. The van der Waals surface area contributed by atoms with Crippen molar-refractivity contribution in [2.75, 3.05) is 26.2 Å². The summed E-state index contributed by atoms with van der Waals surface area (Å²) in [6.45, 7) is 6.25. The molecular weight excluding hydrogens is 510 g/mol. The van der Waals surface area contributed by atoms with E-state index in [4.69, 9.17) is 17.3 Å². The van der Waals surface area contributed by atoms with E-state index in [-0.39, 0.29) is 11.5 Å². The summed E-state index contributed by atoms with van der Waals surface area (Å²) in [5.41, 5.74) is 9.19. The molecule has 2 atom stereocenters. The lowest BCUT2D eigenvalue weighted by Gasteiger charge is -2.29. The maximum Gasteiger partial charge on any atom is 0.254 e. The van der Waals surface area contributed by atoms with Crippen LogP contribution in [0.3, 0.4) is 0 Å². The second-order valence-corrected chi connectivity index (χ2v) is 10.3. The quantitative estimate of drug-likeness (QED) is 0.226. The van der Waals surface area contributed by atoms with Crippen molar-refractivity contribution in [1.29, 1.82) is 0 Å². The normalized spacial score (nSPS) is 12.6. The van der Waals surface area contributed by atoms with Gasteiger partial charge in [0.15, 0.2) is 0 Å². The molecule has 6 nitrogen and oxygen atoms in total. The van der Waals surface area contributed by atoms with Crippen molar-refractivity contribution in [3.63, 3.8) is 0 Å². The number of primary amides is 1. The lowest BCUT2D eigenvalue weighted by molar-refractivity contribution is 0.0751. The van der Waals surface area contributed by atoms with Gasteiger partial charge in [0.05, 0.1) is 6.10 Å². The highest BCUT2D eigenvalue weighted by Crippen LogP contribution is 2.32. The first-order chi connectivity index (χ1) is 18.8. The van der Waals surface area contributed by atoms with Crippen LogP contribution in [0.4, 0.5) is 0 Å². The average Bonchev–Trinajstić information content (AvgIpc) is 2.94. The van der Waals surface area contributed by atoms with Gasteiger partial charge in [0.1, 0.15) is 0 Å². The van der Waals surface area contributed by atoms with E-state index in [9.17, 15) is 14.7 Å². The highest BCUT2D eigenvalue weighted by molar-refractivity contribution is 6.30. The van der Waals surface area contributed by atoms with Crippen molar-refractivity contribution >= 4 is 23.4 Å². The van der Waals surface area contributed by atoms with Gasteiger partial charge in [-0.2, -0.15) is 0 Å².